The molecule has 0 radical (unpaired) electrons. The van der Waals surface area contributed by atoms with E-state index < -0.39 is 6.10 Å². The van der Waals surface area contributed by atoms with Gasteiger partial charge in [0, 0.05) is 6.54 Å². The summed E-state index contributed by atoms with van der Waals surface area (Å²) >= 11 is 0. The zero-order valence-corrected chi connectivity index (χ0v) is 10.9. The van der Waals surface area contributed by atoms with Gasteiger partial charge in [-0.3, -0.25) is 4.79 Å². The molecule has 3 unspecified atom stereocenters. The summed E-state index contributed by atoms with van der Waals surface area (Å²) in [6.07, 6.45) is 2.48. The zero-order chi connectivity index (χ0) is 13.2. The molecule has 4 nitrogen and oxygen atoms in total. The Hall–Kier alpha value is -1.39. The van der Waals surface area contributed by atoms with Crippen LogP contribution in [0.15, 0.2) is 30.3 Å². The van der Waals surface area contributed by atoms with E-state index in [4.69, 9.17) is 0 Å². The van der Waals surface area contributed by atoms with Gasteiger partial charge in [0.2, 0.25) is 5.91 Å². The van der Waals surface area contributed by atoms with Gasteiger partial charge < -0.3 is 15.7 Å². The van der Waals surface area contributed by atoms with E-state index >= 15 is 0 Å². The van der Waals surface area contributed by atoms with Crippen molar-refractivity contribution in [3.8, 4) is 0 Å². The van der Waals surface area contributed by atoms with Crippen LogP contribution in [0.3, 0.4) is 0 Å². The van der Waals surface area contributed by atoms with Gasteiger partial charge in [-0.05, 0) is 30.7 Å². The lowest BCUT2D eigenvalue weighted by Gasteiger charge is -2.21. The minimum absolute atomic E-state index is 0.0114. The highest BCUT2D eigenvalue weighted by atomic mass is 16.3. The lowest BCUT2D eigenvalue weighted by Crippen LogP contribution is -2.42. The Balaban J connectivity index is 1.67. The Bertz CT molecular complexity index is 445. The summed E-state index contributed by atoms with van der Waals surface area (Å²) in [5.74, 6) is 0.579. The van der Waals surface area contributed by atoms with Gasteiger partial charge in [-0.1, -0.05) is 30.3 Å². The first-order valence-electron chi connectivity index (χ1n) is 7.01. The van der Waals surface area contributed by atoms with Crippen molar-refractivity contribution >= 4 is 5.91 Å². The number of rotatable bonds is 4. The van der Waals surface area contributed by atoms with Crippen molar-refractivity contribution in [3.63, 3.8) is 0 Å². The van der Waals surface area contributed by atoms with Crippen LogP contribution in [0.25, 0.3) is 0 Å². The molecule has 1 heterocycles. The van der Waals surface area contributed by atoms with E-state index in [1.165, 1.54) is 18.4 Å². The van der Waals surface area contributed by atoms with Gasteiger partial charge in [-0.2, -0.15) is 0 Å². The third-order valence-corrected chi connectivity index (χ3v) is 3.97. The highest BCUT2D eigenvalue weighted by molar-refractivity contribution is 5.82. The summed E-state index contributed by atoms with van der Waals surface area (Å²) in [7, 11) is 0. The van der Waals surface area contributed by atoms with E-state index in [2.05, 4.69) is 22.8 Å². The first kappa shape index (κ1) is 12.6. The van der Waals surface area contributed by atoms with Crippen molar-refractivity contribution in [2.75, 3.05) is 6.54 Å². The maximum atomic E-state index is 12.2. The van der Waals surface area contributed by atoms with Crippen LogP contribution < -0.4 is 10.6 Å². The average molecular weight is 260 g/mol. The van der Waals surface area contributed by atoms with Gasteiger partial charge in [0.05, 0.1) is 18.2 Å². The Kier molecular flexibility index (Phi) is 3.53. The Morgan fingerprint density at radius 3 is 2.63 bits per heavy atom. The van der Waals surface area contributed by atoms with Crippen molar-refractivity contribution in [1.82, 2.24) is 10.6 Å². The van der Waals surface area contributed by atoms with Crippen LogP contribution >= 0.6 is 0 Å². The predicted octanol–water partition coefficient (Wildman–Crippen LogP) is 0.977. The summed E-state index contributed by atoms with van der Waals surface area (Å²) in [6, 6.07) is 10.0. The van der Waals surface area contributed by atoms with E-state index in [1.807, 2.05) is 18.2 Å². The molecule has 102 valence electrons. The molecule has 4 heteroatoms. The van der Waals surface area contributed by atoms with Crippen LogP contribution in [0.2, 0.25) is 0 Å². The first-order valence-corrected chi connectivity index (χ1v) is 7.01. The Labute approximate surface area is 113 Å². The average Bonchev–Trinajstić information content (AvgIpc) is 3.18. The molecule has 1 aliphatic carbocycles. The number of aliphatic hydroxyl groups excluding tert-OH is 1. The fourth-order valence-corrected chi connectivity index (χ4v) is 2.73. The highest BCUT2D eigenvalue weighted by Gasteiger charge is 2.36. The molecule has 2 aliphatic rings. The summed E-state index contributed by atoms with van der Waals surface area (Å²) in [6.45, 7) is 0.511. The largest absolute Gasteiger partial charge is 0.392 e. The predicted molar refractivity (Wildman–Crippen MR) is 72.5 cm³/mol. The summed E-state index contributed by atoms with van der Waals surface area (Å²) in [5.41, 5.74) is 1.18. The highest BCUT2D eigenvalue weighted by Crippen LogP contribution is 2.41. The van der Waals surface area contributed by atoms with Gasteiger partial charge in [0.25, 0.3) is 0 Å². The molecule has 2 fully saturated rings. The van der Waals surface area contributed by atoms with E-state index in [0.29, 0.717) is 18.9 Å². The van der Waals surface area contributed by atoms with Crippen LogP contribution in [0.5, 0.6) is 0 Å². The normalized spacial score (nSPS) is 28.1. The number of β-amino-alcohol motifs (C(OH)–C–C–N with tert-alkyl or cyclic N) is 1. The molecule has 1 amide bonds. The molecule has 1 saturated carbocycles. The molecule has 0 spiro atoms. The molecule has 1 saturated heterocycles. The number of carbonyl (C=O) groups excluding carboxylic acids is 1. The van der Waals surface area contributed by atoms with Crippen LogP contribution in [0.1, 0.15) is 30.9 Å². The Morgan fingerprint density at radius 2 is 2.05 bits per heavy atom. The zero-order valence-electron chi connectivity index (χ0n) is 10.9. The van der Waals surface area contributed by atoms with Crippen LogP contribution in [0.4, 0.5) is 0 Å². The first-order chi connectivity index (χ1) is 9.24. The minimum atomic E-state index is -0.396. The molecular weight excluding hydrogens is 240 g/mol. The molecule has 1 aromatic carbocycles. The lowest BCUT2D eigenvalue weighted by molar-refractivity contribution is -0.123. The molecule has 1 aromatic rings. The fraction of sp³-hybridized carbons (Fsp3) is 0.533. The van der Waals surface area contributed by atoms with Crippen molar-refractivity contribution in [2.24, 2.45) is 5.92 Å². The molecule has 0 bridgehead atoms. The molecule has 3 rings (SSSR count). The molecular formula is C15H20N2O2. The minimum Gasteiger partial charge on any atom is -0.392 e. The molecule has 19 heavy (non-hydrogen) atoms. The second kappa shape index (κ2) is 5.31. The van der Waals surface area contributed by atoms with E-state index in [9.17, 15) is 9.90 Å². The number of nitrogens with one attached hydrogen (secondary N) is 2. The van der Waals surface area contributed by atoms with Crippen molar-refractivity contribution in [2.45, 2.75) is 37.5 Å². The quantitative estimate of drug-likeness (QED) is 0.756. The number of amides is 1. The smallest absolute Gasteiger partial charge is 0.237 e. The monoisotopic (exact) mass is 260 g/mol. The van der Waals surface area contributed by atoms with E-state index in [-0.39, 0.29) is 18.0 Å². The van der Waals surface area contributed by atoms with E-state index in [1.54, 1.807) is 0 Å². The van der Waals surface area contributed by atoms with Gasteiger partial charge in [-0.25, -0.2) is 0 Å². The van der Waals surface area contributed by atoms with Gasteiger partial charge in [-0.15, -0.1) is 0 Å². The molecule has 1 aliphatic heterocycles. The number of carbonyl (C=O) groups is 1. The maximum Gasteiger partial charge on any atom is 0.237 e. The summed E-state index contributed by atoms with van der Waals surface area (Å²) < 4.78 is 0. The SMILES string of the molecule is O=C(NC(c1ccccc1)C1CC1)C1CC(O)CN1. The lowest BCUT2D eigenvalue weighted by atomic mass is 10.0. The molecule has 3 N–H and O–H groups in total. The number of benzene rings is 1. The number of aliphatic hydroxyl groups is 1. The van der Waals surface area contributed by atoms with Crippen molar-refractivity contribution < 1.29 is 9.90 Å². The third kappa shape index (κ3) is 2.96. The number of hydrogen-bond donors (Lipinski definition) is 3. The Morgan fingerprint density at radius 1 is 1.32 bits per heavy atom. The third-order valence-electron chi connectivity index (χ3n) is 3.97. The standard InChI is InChI=1S/C15H20N2O2/c18-12-8-13(16-9-12)15(19)17-14(11-6-7-11)10-4-2-1-3-5-10/h1-5,11-14,16,18H,6-9H2,(H,17,19). The maximum absolute atomic E-state index is 12.2. The van der Waals surface area contributed by atoms with Crippen LogP contribution in [-0.4, -0.2) is 29.7 Å². The second-order valence-electron chi connectivity index (χ2n) is 5.58. The van der Waals surface area contributed by atoms with Gasteiger partial charge in [0.1, 0.15) is 0 Å². The fourth-order valence-electron chi connectivity index (χ4n) is 2.73. The van der Waals surface area contributed by atoms with Crippen molar-refractivity contribution in [3.05, 3.63) is 35.9 Å². The number of hydrogen-bond acceptors (Lipinski definition) is 3. The topological polar surface area (TPSA) is 61.4 Å². The van der Waals surface area contributed by atoms with Crippen molar-refractivity contribution in [1.29, 1.82) is 0 Å². The van der Waals surface area contributed by atoms with Gasteiger partial charge in [0.15, 0.2) is 0 Å². The van der Waals surface area contributed by atoms with Gasteiger partial charge >= 0.3 is 0 Å². The van der Waals surface area contributed by atoms with E-state index in [0.717, 1.165) is 0 Å². The summed E-state index contributed by atoms with van der Waals surface area (Å²) in [5, 5.41) is 15.7. The summed E-state index contributed by atoms with van der Waals surface area (Å²) in [4.78, 5) is 12.2. The second-order valence-corrected chi connectivity index (χ2v) is 5.58. The molecule has 3 atom stereocenters. The van der Waals surface area contributed by atoms with Crippen LogP contribution in [-0.2, 0) is 4.79 Å². The van der Waals surface area contributed by atoms with Crippen LogP contribution in [0, 0.1) is 5.92 Å². The molecule has 0 aromatic heterocycles.